The number of fused-ring (bicyclic) bond motifs is 1. The highest BCUT2D eigenvalue weighted by Crippen LogP contribution is 2.38. The van der Waals surface area contributed by atoms with Gasteiger partial charge in [0.1, 0.15) is 16.9 Å². The number of furan rings is 1. The van der Waals surface area contributed by atoms with Crippen molar-refractivity contribution in [3.05, 3.63) is 65.6 Å². The number of hydrogen-bond donors (Lipinski definition) is 0. The van der Waals surface area contributed by atoms with Crippen LogP contribution in [0.15, 0.2) is 53.1 Å². The molecule has 20 heavy (non-hydrogen) atoms. The minimum Gasteiger partial charge on any atom is -0.496 e. The van der Waals surface area contributed by atoms with E-state index in [-0.39, 0.29) is 5.38 Å². The molecule has 3 aromatic rings. The molecule has 0 fully saturated rings. The van der Waals surface area contributed by atoms with E-state index < -0.39 is 0 Å². The molecule has 1 aromatic heterocycles. The molecule has 0 aliphatic carbocycles. The number of rotatable bonds is 3. The molecule has 0 N–H and O–H groups in total. The molecule has 0 bridgehead atoms. The van der Waals surface area contributed by atoms with Crippen LogP contribution in [-0.2, 0) is 0 Å². The first-order valence-corrected chi connectivity index (χ1v) is 6.89. The molecule has 0 saturated carbocycles. The molecule has 2 nitrogen and oxygen atoms in total. The van der Waals surface area contributed by atoms with Gasteiger partial charge in [-0.15, -0.1) is 11.6 Å². The number of benzene rings is 2. The quantitative estimate of drug-likeness (QED) is 0.627. The summed E-state index contributed by atoms with van der Waals surface area (Å²) in [5, 5.41) is 1.84. The Morgan fingerprint density at radius 3 is 2.45 bits per heavy atom. The molecule has 102 valence electrons. The van der Waals surface area contributed by atoms with E-state index in [2.05, 4.69) is 6.07 Å². The third kappa shape index (κ3) is 2.06. The molecule has 0 spiro atoms. The monoisotopic (exact) mass is 286 g/mol. The maximum atomic E-state index is 6.62. The fourth-order valence-corrected chi connectivity index (χ4v) is 2.89. The van der Waals surface area contributed by atoms with Crippen LogP contribution in [0.3, 0.4) is 0 Å². The van der Waals surface area contributed by atoms with Gasteiger partial charge in [0, 0.05) is 5.39 Å². The summed E-state index contributed by atoms with van der Waals surface area (Å²) in [7, 11) is 1.68. The minimum atomic E-state index is -0.305. The lowest BCUT2D eigenvalue weighted by molar-refractivity contribution is 0.419. The first-order valence-electron chi connectivity index (χ1n) is 6.46. The Bertz CT molecular complexity index is 746. The number of aryl methyl sites for hydroxylation is 1. The predicted molar refractivity (Wildman–Crippen MR) is 81.6 cm³/mol. The van der Waals surface area contributed by atoms with Crippen molar-refractivity contribution in [3.8, 4) is 5.75 Å². The zero-order chi connectivity index (χ0) is 14.1. The van der Waals surface area contributed by atoms with Gasteiger partial charge in [-0.1, -0.05) is 30.3 Å². The second-order valence-electron chi connectivity index (χ2n) is 4.73. The number of methoxy groups -OCH3 is 1. The molecule has 1 atom stereocenters. The van der Waals surface area contributed by atoms with Crippen molar-refractivity contribution in [2.45, 2.75) is 12.3 Å². The summed E-state index contributed by atoms with van der Waals surface area (Å²) in [6.07, 6.45) is 1.67. The van der Waals surface area contributed by atoms with Crippen LogP contribution >= 0.6 is 11.6 Å². The van der Waals surface area contributed by atoms with Gasteiger partial charge in [0.2, 0.25) is 0 Å². The zero-order valence-electron chi connectivity index (χ0n) is 11.4. The lowest BCUT2D eigenvalue weighted by Crippen LogP contribution is -1.96. The predicted octanol–water partition coefficient (Wildman–Crippen LogP) is 5.08. The Morgan fingerprint density at radius 1 is 1.05 bits per heavy atom. The molecule has 1 unspecified atom stereocenters. The van der Waals surface area contributed by atoms with Crippen LogP contribution in [0.25, 0.3) is 10.8 Å². The Hall–Kier alpha value is -1.93. The summed E-state index contributed by atoms with van der Waals surface area (Å²) in [5.41, 5.74) is 2.09. The van der Waals surface area contributed by atoms with Gasteiger partial charge in [-0.25, -0.2) is 0 Å². The lowest BCUT2D eigenvalue weighted by atomic mass is 9.99. The van der Waals surface area contributed by atoms with E-state index in [4.69, 9.17) is 20.8 Å². The molecule has 0 radical (unpaired) electrons. The number of halogens is 1. The van der Waals surface area contributed by atoms with Crippen molar-refractivity contribution in [3.63, 3.8) is 0 Å². The molecule has 0 aliphatic rings. The molecule has 1 heterocycles. The fraction of sp³-hybridized carbons (Fsp3) is 0.176. The molecule has 0 saturated heterocycles. The average Bonchev–Trinajstić information content (AvgIpc) is 2.91. The Balaban J connectivity index is 2.20. The summed E-state index contributed by atoms with van der Waals surface area (Å²) in [6, 6.07) is 14.0. The summed E-state index contributed by atoms with van der Waals surface area (Å²) in [6.45, 7) is 2.00. The van der Waals surface area contributed by atoms with E-state index in [0.717, 1.165) is 33.4 Å². The summed E-state index contributed by atoms with van der Waals surface area (Å²) in [4.78, 5) is 0. The van der Waals surface area contributed by atoms with Gasteiger partial charge < -0.3 is 9.15 Å². The molecule has 0 amide bonds. The van der Waals surface area contributed by atoms with E-state index in [1.54, 1.807) is 13.4 Å². The van der Waals surface area contributed by atoms with Gasteiger partial charge in [-0.2, -0.15) is 0 Å². The van der Waals surface area contributed by atoms with Crippen LogP contribution in [0, 0.1) is 6.92 Å². The van der Waals surface area contributed by atoms with Crippen molar-refractivity contribution >= 4 is 22.4 Å². The first kappa shape index (κ1) is 13.1. The van der Waals surface area contributed by atoms with Gasteiger partial charge in [0.05, 0.1) is 13.4 Å². The topological polar surface area (TPSA) is 22.4 Å². The number of hydrogen-bond acceptors (Lipinski definition) is 2. The van der Waals surface area contributed by atoms with E-state index in [1.807, 2.05) is 43.3 Å². The second kappa shape index (κ2) is 5.22. The molecule has 2 aromatic carbocycles. The normalized spacial score (nSPS) is 12.6. The summed E-state index contributed by atoms with van der Waals surface area (Å²) >= 11 is 6.62. The van der Waals surface area contributed by atoms with Crippen LogP contribution in [0.2, 0.25) is 0 Å². The van der Waals surface area contributed by atoms with Crippen LogP contribution in [0.1, 0.15) is 22.3 Å². The van der Waals surface area contributed by atoms with E-state index in [1.165, 1.54) is 0 Å². The molecular weight excluding hydrogens is 272 g/mol. The number of ether oxygens (including phenoxy) is 1. The first-order chi connectivity index (χ1) is 9.72. The summed E-state index contributed by atoms with van der Waals surface area (Å²) < 4.78 is 10.9. The second-order valence-corrected chi connectivity index (χ2v) is 5.17. The Kier molecular flexibility index (Phi) is 3.41. The standard InChI is InChI=1S/C17H15ClO2/c1-11-9-10-20-17(11)16(18)14-7-8-15(19-2)13-6-4-3-5-12(13)14/h3-10,16H,1-2H3. The maximum absolute atomic E-state index is 6.62. The van der Waals surface area contributed by atoms with Gasteiger partial charge in [0.25, 0.3) is 0 Å². The highest BCUT2D eigenvalue weighted by molar-refractivity contribution is 6.23. The number of alkyl halides is 1. The SMILES string of the molecule is COc1ccc(C(Cl)c2occc2C)c2ccccc12. The van der Waals surface area contributed by atoms with E-state index >= 15 is 0 Å². The van der Waals surface area contributed by atoms with Crippen molar-refractivity contribution in [1.82, 2.24) is 0 Å². The fourth-order valence-electron chi connectivity index (χ4n) is 2.48. The molecular formula is C17H15ClO2. The van der Waals surface area contributed by atoms with Crippen LogP contribution in [-0.4, -0.2) is 7.11 Å². The molecule has 0 aliphatic heterocycles. The Labute approximate surface area is 122 Å². The Morgan fingerprint density at radius 2 is 1.80 bits per heavy atom. The molecule has 3 heteroatoms. The van der Waals surface area contributed by atoms with Crippen molar-refractivity contribution in [2.24, 2.45) is 0 Å². The van der Waals surface area contributed by atoms with Crippen LogP contribution < -0.4 is 4.74 Å². The van der Waals surface area contributed by atoms with Crippen LogP contribution in [0.5, 0.6) is 5.75 Å². The highest BCUT2D eigenvalue weighted by Gasteiger charge is 2.19. The van der Waals surface area contributed by atoms with Crippen molar-refractivity contribution in [2.75, 3.05) is 7.11 Å². The third-order valence-corrected chi connectivity index (χ3v) is 3.98. The lowest BCUT2D eigenvalue weighted by Gasteiger charge is -2.14. The average molecular weight is 287 g/mol. The van der Waals surface area contributed by atoms with Gasteiger partial charge in [-0.05, 0) is 35.6 Å². The smallest absolute Gasteiger partial charge is 0.129 e. The highest BCUT2D eigenvalue weighted by atomic mass is 35.5. The molecule has 3 rings (SSSR count). The van der Waals surface area contributed by atoms with Gasteiger partial charge in [0.15, 0.2) is 0 Å². The van der Waals surface area contributed by atoms with Crippen molar-refractivity contribution in [1.29, 1.82) is 0 Å². The largest absolute Gasteiger partial charge is 0.496 e. The van der Waals surface area contributed by atoms with Crippen molar-refractivity contribution < 1.29 is 9.15 Å². The van der Waals surface area contributed by atoms with E-state index in [0.29, 0.717) is 0 Å². The van der Waals surface area contributed by atoms with E-state index in [9.17, 15) is 0 Å². The van der Waals surface area contributed by atoms with Gasteiger partial charge in [-0.3, -0.25) is 0 Å². The van der Waals surface area contributed by atoms with Gasteiger partial charge >= 0.3 is 0 Å². The minimum absolute atomic E-state index is 0.305. The third-order valence-electron chi connectivity index (χ3n) is 3.54. The van der Waals surface area contributed by atoms with Crippen LogP contribution in [0.4, 0.5) is 0 Å². The zero-order valence-corrected chi connectivity index (χ0v) is 12.1. The maximum Gasteiger partial charge on any atom is 0.129 e. The summed E-state index contributed by atoms with van der Waals surface area (Å²) in [5.74, 6) is 1.64.